The summed E-state index contributed by atoms with van der Waals surface area (Å²) in [5, 5.41) is 7.50. The van der Waals surface area contributed by atoms with Crippen LogP contribution in [0.15, 0.2) is 28.8 Å². The number of likely N-dealkylation sites (tertiary alicyclic amines) is 1. The number of thiophene rings is 1. The summed E-state index contributed by atoms with van der Waals surface area (Å²) in [6.07, 6.45) is 1.36. The van der Waals surface area contributed by atoms with Gasteiger partial charge in [0, 0.05) is 23.0 Å². The number of nitrogens with zero attached hydrogens (tertiary/aromatic N) is 1. The molecule has 0 aliphatic carbocycles. The molecule has 146 valence electrons. The number of rotatable bonds is 6. The van der Waals surface area contributed by atoms with Gasteiger partial charge in [-0.15, -0.1) is 11.3 Å². The topological polar surface area (TPSA) is 114 Å². The van der Waals surface area contributed by atoms with E-state index in [0.717, 1.165) is 4.88 Å². The Morgan fingerprint density at radius 2 is 2.11 bits per heavy atom. The van der Waals surface area contributed by atoms with E-state index in [-0.39, 0.29) is 24.5 Å². The number of hydrogen-bond acceptors (Lipinski definition) is 6. The van der Waals surface area contributed by atoms with Crippen LogP contribution in [-0.2, 0) is 14.3 Å². The van der Waals surface area contributed by atoms with Crippen LogP contribution < -0.4 is 16.4 Å². The van der Waals surface area contributed by atoms with E-state index in [1.165, 1.54) is 11.3 Å². The zero-order valence-corrected chi connectivity index (χ0v) is 16.0. The zero-order chi connectivity index (χ0) is 19.4. The normalized spacial score (nSPS) is 21.5. The second kappa shape index (κ2) is 8.53. The molecule has 3 amide bonds. The first-order valence-corrected chi connectivity index (χ1v) is 9.90. The van der Waals surface area contributed by atoms with Gasteiger partial charge in [-0.05, 0) is 44.3 Å². The van der Waals surface area contributed by atoms with E-state index in [2.05, 4.69) is 15.5 Å². The average molecular weight is 392 g/mol. The molecule has 3 rings (SSSR count). The Morgan fingerprint density at radius 3 is 2.70 bits per heavy atom. The lowest BCUT2D eigenvalue weighted by atomic mass is 9.95. The summed E-state index contributed by atoms with van der Waals surface area (Å²) in [5.41, 5.74) is 6.37. The highest BCUT2D eigenvalue weighted by molar-refractivity contribution is 7.10. The van der Waals surface area contributed by atoms with Crippen LogP contribution in [0.1, 0.15) is 30.7 Å². The smallest absolute Gasteiger partial charge is 0.338 e. The number of carbonyl (C=O) groups excluding carboxylic acids is 3. The minimum absolute atomic E-state index is 0.110. The SMILES string of the molecule is CCOC(=O)C1=C(CN2CCC(C(N)=O)CC2)NC(=O)N[C@H]1c1cccs1. The Morgan fingerprint density at radius 1 is 1.37 bits per heavy atom. The number of esters is 1. The predicted molar refractivity (Wildman–Crippen MR) is 101 cm³/mol. The average Bonchev–Trinajstić information content (AvgIpc) is 3.16. The second-order valence-electron chi connectivity index (χ2n) is 6.61. The lowest BCUT2D eigenvalue weighted by molar-refractivity contribution is -0.139. The first-order valence-electron chi connectivity index (χ1n) is 9.02. The molecule has 1 aromatic rings. The van der Waals surface area contributed by atoms with Crippen molar-refractivity contribution in [1.82, 2.24) is 15.5 Å². The Bertz CT molecular complexity index is 739. The summed E-state index contributed by atoms with van der Waals surface area (Å²) in [6.45, 7) is 3.78. The standard InChI is InChI=1S/C18H24N4O4S/c1-2-26-17(24)14-12(10-22-7-5-11(6-8-22)16(19)23)20-18(25)21-15(14)13-4-3-9-27-13/h3-4,9,11,15H,2,5-8,10H2,1H3,(H2,19,23)(H2,20,21,25)/t15-/m0/s1. The Balaban J connectivity index is 1.85. The number of hydrogen-bond donors (Lipinski definition) is 3. The Kier molecular flexibility index (Phi) is 6.12. The summed E-state index contributed by atoms with van der Waals surface area (Å²) in [5.74, 6) is -0.819. The highest BCUT2D eigenvalue weighted by atomic mass is 32.1. The van der Waals surface area contributed by atoms with Crippen LogP contribution in [-0.4, -0.2) is 49.0 Å². The minimum Gasteiger partial charge on any atom is -0.463 e. The number of ether oxygens (including phenoxy) is 1. The number of amides is 3. The summed E-state index contributed by atoms with van der Waals surface area (Å²) < 4.78 is 5.25. The molecule has 0 saturated carbocycles. The molecule has 0 radical (unpaired) electrons. The molecule has 0 spiro atoms. The van der Waals surface area contributed by atoms with Crippen LogP contribution in [0.3, 0.4) is 0 Å². The second-order valence-corrected chi connectivity index (χ2v) is 7.59. The molecule has 1 saturated heterocycles. The molecule has 0 bridgehead atoms. The van der Waals surface area contributed by atoms with Crippen LogP contribution in [0.4, 0.5) is 4.79 Å². The summed E-state index contributed by atoms with van der Waals surface area (Å²) >= 11 is 1.47. The maximum absolute atomic E-state index is 12.7. The van der Waals surface area contributed by atoms with Gasteiger partial charge in [-0.2, -0.15) is 0 Å². The number of nitrogens with two attached hydrogens (primary N) is 1. The quantitative estimate of drug-likeness (QED) is 0.628. The molecule has 2 aliphatic heterocycles. The van der Waals surface area contributed by atoms with Crippen molar-refractivity contribution in [2.24, 2.45) is 11.7 Å². The van der Waals surface area contributed by atoms with Crippen molar-refractivity contribution in [3.8, 4) is 0 Å². The maximum Gasteiger partial charge on any atom is 0.338 e. The van der Waals surface area contributed by atoms with E-state index in [1.54, 1.807) is 6.92 Å². The fraction of sp³-hybridized carbons (Fsp3) is 0.500. The number of primary amides is 1. The summed E-state index contributed by atoms with van der Waals surface area (Å²) in [4.78, 5) is 39.2. The molecule has 1 fully saturated rings. The van der Waals surface area contributed by atoms with Crippen molar-refractivity contribution in [1.29, 1.82) is 0 Å². The third kappa shape index (κ3) is 4.48. The van der Waals surface area contributed by atoms with E-state index in [1.807, 2.05) is 17.5 Å². The lowest BCUT2D eigenvalue weighted by Crippen LogP contribution is -2.49. The van der Waals surface area contributed by atoms with Crippen LogP contribution >= 0.6 is 11.3 Å². The molecule has 0 aromatic carbocycles. The van der Waals surface area contributed by atoms with Gasteiger partial charge in [-0.25, -0.2) is 9.59 Å². The molecule has 2 aliphatic rings. The van der Waals surface area contributed by atoms with Crippen molar-refractivity contribution < 1.29 is 19.1 Å². The van der Waals surface area contributed by atoms with Gasteiger partial charge < -0.3 is 21.1 Å². The van der Waals surface area contributed by atoms with Gasteiger partial charge in [0.05, 0.1) is 18.2 Å². The monoisotopic (exact) mass is 392 g/mol. The van der Waals surface area contributed by atoms with Crippen LogP contribution in [0, 0.1) is 5.92 Å². The Labute approximate surface area is 161 Å². The first kappa shape index (κ1) is 19.4. The number of nitrogens with one attached hydrogen (secondary N) is 2. The third-order valence-corrected chi connectivity index (χ3v) is 5.79. The van der Waals surface area contributed by atoms with Gasteiger partial charge in [0.1, 0.15) is 0 Å². The van der Waals surface area contributed by atoms with Gasteiger partial charge in [0.25, 0.3) is 0 Å². The molecular formula is C18H24N4O4S. The van der Waals surface area contributed by atoms with Crippen molar-refractivity contribution in [2.75, 3.05) is 26.2 Å². The minimum atomic E-state index is -0.532. The van der Waals surface area contributed by atoms with Crippen LogP contribution in [0.25, 0.3) is 0 Å². The third-order valence-electron chi connectivity index (χ3n) is 4.85. The molecule has 9 heteroatoms. The van der Waals surface area contributed by atoms with Gasteiger partial charge in [0.2, 0.25) is 5.91 Å². The zero-order valence-electron chi connectivity index (χ0n) is 15.2. The molecule has 1 aromatic heterocycles. The van der Waals surface area contributed by atoms with Gasteiger partial charge >= 0.3 is 12.0 Å². The van der Waals surface area contributed by atoms with E-state index < -0.39 is 12.0 Å². The van der Waals surface area contributed by atoms with E-state index in [9.17, 15) is 14.4 Å². The molecule has 27 heavy (non-hydrogen) atoms. The van der Waals surface area contributed by atoms with Crippen LogP contribution in [0.5, 0.6) is 0 Å². The molecular weight excluding hydrogens is 368 g/mol. The van der Waals surface area contributed by atoms with Gasteiger partial charge in [0.15, 0.2) is 0 Å². The van der Waals surface area contributed by atoms with Gasteiger partial charge in [-0.1, -0.05) is 6.07 Å². The number of urea groups is 1. The summed E-state index contributed by atoms with van der Waals surface area (Å²) in [7, 11) is 0. The molecule has 8 nitrogen and oxygen atoms in total. The molecule has 1 atom stereocenters. The fourth-order valence-corrected chi connectivity index (χ4v) is 4.24. The van der Waals surface area contributed by atoms with E-state index in [4.69, 9.17) is 10.5 Å². The molecule has 3 heterocycles. The number of carbonyl (C=O) groups is 3. The highest BCUT2D eigenvalue weighted by Crippen LogP contribution is 2.31. The van der Waals surface area contributed by atoms with Crippen molar-refractivity contribution in [3.63, 3.8) is 0 Å². The number of piperidine rings is 1. The maximum atomic E-state index is 12.7. The van der Waals surface area contributed by atoms with E-state index in [0.29, 0.717) is 43.7 Å². The molecule has 4 N–H and O–H groups in total. The highest BCUT2D eigenvalue weighted by Gasteiger charge is 2.35. The summed E-state index contributed by atoms with van der Waals surface area (Å²) in [6, 6.07) is 2.89. The van der Waals surface area contributed by atoms with E-state index >= 15 is 0 Å². The predicted octanol–water partition coefficient (Wildman–Crippen LogP) is 1.12. The van der Waals surface area contributed by atoms with Crippen molar-refractivity contribution in [3.05, 3.63) is 33.7 Å². The van der Waals surface area contributed by atoms with Crippen molar-refractivity contribution >= 4 is 29.2 Å². The molecule has 0 unspecified atom stereocenters. The largest absolute Gasteiger partial charge is 0.463 e. The Hall–Kier alpha value is -2.39. The van der Waals surface area contributed by atoms with Crippen molar-refractivity contribution in [2.45, 2.75) is 25.8 Å². The fourth-order valence-electron chi connectivity index (χ4n) is 3.46. The first-order chi connectivity index (χ1) is 13.0. The van der Waals surface area contributed by atoms with Crippen LogP contribution in [0.2, 0.25) is 0 Å². The lowest BCUT2D eigenvalue weighted by Gasteiger charge is -2.34. The van der Waals surface area contributed by atoms with Gasteiger partial charge in [-0.3, -0.25) is 9.69 Å².